The number of likely N-dealkylation sites (tertiary alicyclic amines) is 3. The third kappa shape index (κ3) is 12.9. The van der Waals surface area contributed by atoms with E-state index in [0.717, 1.165) is 132 Å². The van der Waals surface area contributed by atoms with Gasteiger partial charge in [-0.2, -0.15) is 26.3 Å². The van der Waals surface area contributed by atoms with Crippen molar-refractivity contribution in [3.63, 3.8) is 0 Å². The highest BCUT2D eigenvalue weighted by Crippen LogP contribution is 2.31. The van der Waals surface area contributed by atoms with Crippen LogP contribution >= 0.6 is 0 Å². The summed E-state index contributed by atoms with van der Waals surface area (Å²) >= 11 is 0. The van der Waals surface area contributed by atoms with Crippen LogP contribution in [0, 0.1) is 11.8 Å². The molecule has 5 aromatic rings. The maximum atomic E-state index is 12.8. The van der Waals surface area contributed by atoms with Crippen molar-refractivity contribution in [3.05, 3.63) is 132 Å². The van der Waals surface area contributed by atoms with Gasteiger partial charge in [-0.1, -0.05) is 0 Å². The largest absolute Gasteiger partial charge is 0.416 e. The Hall–Kier alpha value is -5.28. The van der Waals surface area contributed by atoms with Gasteiger partial charge < -0.3 is 23.9 Å². The predicted molar refractivity (Wildman–Crippen MR) is 230 cm³/mol. The fourth-order valence-electron chi connectivity index (χ4n) is 8.79. The van der Waals surface area contributed by atoms with Crippen molar-refractivity contribution >= 4 is 11.8 Å². The molecule has 8 rings (SSSR count). The van der Waals surface area contributed by atoms with Crippen LogP contribution in [0.15, 0.2) is 104 Å². The Morgan fingerprint density at radius 1 is 0.603 bits per heavy atom. The number of amides is 2. The molecule has 0 aliphatic carbocycles. The fraction of sp³-hybridized carbons (Fsp3) is 0.458. The number of benzene rings is 2. The van der Waals surface area contributed by atoms with Crippen LogP contribution in [0.3, 0.4) is 0 Å². The van der Waals surface area contributed by atoms with Crippen molar-refractivity contribution in [2.24, 2.45) is 18.9 Å². The number of nitrogens with one attached hydrogen (secondary N) is 1. The molecule has 0 radical (unpaired) electrons. The zero-order valence-electron chi connectivity index (χ0n) is 35.8. The number of carbonyl (C=O) groups excluding carboxylic acids is 2. The minimum Gasteiger partial charge on any atom is -0.353 e. The highest BCUT2D eigenvalue weighted by molar-refractivity contribution is 5.77. The van der Waals surface area contributed by atoms with Gasteiger partial charge in [0.1, 0.15) is 0 Å². The Morgan fingerprint density at radius 3 is 1.49 bits per heavy atom. The van der Waals surface area contributed by atoms with Crippen molar-refractivity contribution in [3.8, 4) is 11.4 Å². The molecule has 6 heterocycles. The first-order valence-corrected chi connectivity index (χ1v) is 21.9. The van der Waals surface area contributed by atoms with Crippen LogP contribution in [0.5, 0.6) is 0 Å². The highest BCUT2D eigenvalue weighted by atomic mass is 19.4. The fourth-order valence-corrected chi connectivity index (χ4v) is 8.79. The molecule has 3 fully saturated rings. The molecule has 1 N–H and O–H groups in total. The van der Waals surface area contributed by atoms with Crippen LogP contribution in [0.4, 0.5) is 26.3 Å². The molecule has 63 heavy (non-hydrogen) atoms. The maximum absolute atomic E-state index is 12.8. The van der Waals surface area contributed by atoms with Gasteiger partial charge in [-0.15, -0.1) is 0 Å². The third-order valence-electron chi connectivity index (χ3n) is 12.6. The highest BCUT2D eigenvalue weighted by Gasteiger charge is 2.31. The zero-order chi connectivity index (χ0) is 44.6. The summed E-state index contributed by atoms with van der Waals surface area (Å²) in [4.78, 5) is 31.4. The Morgan fingerprint density at radius 2 is 1.06 bits per heavy atom. The van der Waals surface area contributed by atoms with Gasteiger partial charge in [0, 0.05) is 94.1 Å². The minimum atomic E-state index is -4.32. The first kappa shape index (κ1) is 45.7. The summed E-state index contributed by atoms with van der Waals surface area (Å²) in [5, 5.41) is 3.02. The molecule has 0 bridgehead atoms. The summed E-state index contributed by atoms with van der Waals surface area (Å²) in [5.74, 6) is 1.29. The Bertz CT molecular complexity index is 2220. The van der Waals surface area contributed by atoms with Crippen LogP contribution in [0.1, 0.15) is 79.3 Å². The monoisotopic (exact) mass is 877 g/mol. The second-order valence-corrected chi connectivity index (χ2v) is 17.3. The summed E-state index contributed by atoms with van der Waals surface area (Å²) in [6, 6.07) is 18.4. The quantitative estimate of drug-likeness (QED) is 0.127. The zero-order valence-corrected chi connectivity index (χ0v) is 35.8. The molecule has 15 heteroatoms. The molecule has 2 aromatic carbocycles. The van der Waals surface area contributed by atoms with Crippen LogP contribution < -0.4 is 5.32 Å². The van der Waals surface area contributed by atoms with Crippen molar-refractivity contribution in [2.75, 3.05) is 39.3 Å². The topological polar surface area (TPSA) is 70.7 Å². The second-order valence-electron chi connectivity index (χ2n) is 17.3. The number of halogens is 6. The molecule has 3 aliphatic rings. The van der Waals surface area contributed by atoms with Crippen molar-refractivity contribution < 1.29 is 35.9 Å². The van der Waals surface area contributed by atoms with Crippen LogP contribution in [-0.2, 0) is 48.6 Å². The lowest BCUT2D eigenvalue weighted by molar-refractivity contribution is -0.138. The van der Waals surface area contributed by atoms with Crippen LogP contribution in [-0.4, -0.2) is 79.5 Å². The standard InChI is InChI=1S/C25H29F3N4O.C23H28F3N3O/c1-30-11-2-3-23(30)16-29-24(33)15-19-8-12-31(13-9-19)17-20-10-14-32(18-20)22-6-4-21(5-7-22)25(26,27)28;24-23(25,26)20-3-5-21(6-4-20)29-14-9-19(17-29)16-27-12-7-18(8-13-27)15-22(30)28-10-1-2-11-28/h2-7,10-11,14,18-19H,8-9,12-13,15-17H2,1H3,(H,29,33);3-6,9,14,17-18H,1-2,7-8,10-13,15-16H2. The third-order valence-corrected chi connectivity index (χ3v) is 12.6. The van der Waals surface area contributed by atoms with E-state index in [0.29, 0.717) is 48.5 Å². The number of aryl methyl sites for hydroxylation is 1. The average molecular weight is 878 g/mol. The second kappa shape index (κ2) is 20.5. The summed E-state index contributed by atoms with van der Waals surface area (Å²) in [5.41, 5.74) is 3.49. The molecule has 3 saturated heterocycles. The normalized spacial score (nSPS) is 17.2. The lowest BCUT2D eigenvalue weighted by Crippen LogP contribution is -2.36. The molecule has 2 amide bonds. The van der Waals surface area contributed by atoms with E-state index in [1.807, 2.05) is 80.9 Å². The van der Waals surface area contributed by atoms with E-state index < -0.39 is 23.5 Å². The van der Waals surface area contributed by atoms with E-state index in [1.54, 1.807) is 0 Å². The van der Waals surface area contributed by atoms with Gasteiger partial charge in [-0.25, -0.2) is 0 Å². The molecule has 0 spiro atoms. The van der Waals surface area contributed by atoms with Gasteiger partial charge in [0.2, 0.25) is 11.8 Å². The molecule has 9 nitrogen and oxygen atoms in total. The van der Waals surface area contributed by atoms with Gasteiger partial charge >= 0.3 is 12.4 Å². The SMILES string of the molecule is Cn1cccc1CNC(=O)CC1CCN(Cc2ccn(-c3ccc(C(F)(F)F)cc3)c2)CC1.O=C(CC1CCN(Cc2ccn(-c3ccc(C(F)(F)F)cc3)c2)CC1)N1CCCC1. The number of rotatable bonds is 12. The van der Waals surface area contributed by atoms with Crippen LogP contribution in [0.2, 0.25) is 0 Å². The summed E-state index contributed by atoms with van der Waals surface area (Å²) in [6.45, 7) is 7.83. The molecule has 3 aliphatic heterocycles. The lowest BCUT2D eigenvalue weighted by Gasteiger charge is -2.32. The van der Waals surface area contributed by atoms with Gasteiger partial charge in [0.15, 0.2) is 0 Å². The smallest absolute Gasteiger partial charge is 0.353 e. The van der Waals surface area contributed by atoms with E-state index in [2.05, 4.69) is 15.1 Å². The van der Waals surface area contributed by atoms with Gasteiger partial charge in [0.25, 0.3) is 0 Å². The first-order chi connectivity index (χ1) is 30.2. The number of alkyl halides is 6. The number of nitrogens with zero attached hydrogens (tertiary/aromatic N) is 6. The molecular formula is C48H57F6N7O2. The summed E-state index contributed by atoms with van der Waals surface area (Å²) in [7, 11) is 1.97. The van der Waals surface area contributed by atoms with Crippen molar-refractivity contribution in [1.82, 2.24) is 33.7 Å². The maximum Gasteiger partial charge on any atom is 0.416 e. The molecular weight excluding hydrogens is 821 g/mol. The van der Waals surface area contributed by atoms with E-state index in [9.17, 15) is 35.9 Å². The summed E-state index contributed by atoms with van der Waals surface area (Å²) < 4.78 is 82.2. The van der Waals surface area contributed by atoms with Gasteiger partial charge in [-0.05, 0) is 160 Å². The van der Waals surface area contributed by atoms with Crippen molar-refractivity contribution in [1.29, 1.82) is 0 Å². The number of hydrogen-bond donors (Lipinski definition) is 1. The minimum absolute atomic E-state index is 0.100. The Balaban J connectivity index is 0.000000190. The predicted octanol–water partition coefficient (Wildman–Crippen LogP) is 9.47. The number of carbonyl (C=O) groups is 2. The molecule has 338 valence electrons. The molecule has 0 atom stereocenters. The molecule has 0 saturated carbocycles. The van der Waals surface area contributed by atoms with E-state index in [4.69, 9.17) is 0 Å². The van der Waals surface area contributed by atoms with Gasteiger partial charge in [0.05, 0.1) is 17.7 Å². The summed E-state index contributed by atoms with van der Waals surface area (Å²) in [6.07, 6.45) is 8.59. The number of aromatic nitrogens is 3. The Kier molecular flexibility index (Phi) is 14.9. The lowest BCUT2D eigenvalue weighted by atomic mass is 9.93. The van der Waals surface area contributed by atoms with Crippen LogP contribution in [0.25, 0.3) is 11.4 Å². The average Bonchev–Trinajstić information content (AvgIpc) is 4.11. The molecule has 0 unspecified atom stereocenters. The van der Waals surface area contributed by atoms with E-state index in [1.165, 1.54) is 24.3 Å². The molecule has 3 aromatic heterocycles. The number of hydrogen-bond acceptors (Lipinski definition) is 4. The number of piperidine rings is 2. The van der Waals surface area contributed by atoms with E-state index in [-0.39, 0.29) is 5.91 Å². The van der Waals surface area contributed by atoms with Gasteiger partial charge in [-0.3, -0.25) is 19.4 Å². The van der Waals surface area contributed by atoms with Crippen molar-refractivity contribution in [2.45, 2.75) is 83.4 Å². The Labute approximate surface area is 365 Å². The first-order valence-electron chi connectivity index (χ1n) is 21.9. The van der Waals surface area contributed by atoms with E-state index >= 15 is 0 Å².